The van der Waals surface area contributed by atoms with E-state index in [1.807, 2.05) is 6.07 Å². The topological polar surface area (TPSA) is 74.6 Å². The van der Waals surface area contributed by atoms with Gasteiger partial charge in [0.15, 0.2) is 0 Å². The van der Waals surface area contributed by atoms with Gasteiger partial charge in [0.2, 0.25) is 0 Å². The van der Waals surface area contributed by atoms with E-state index in [-0.39, 0.29) is 12.8 Å². The van der Waals surface area contributed by atoms with E-state index < -0.39 is 11.9 Å². The molecule has 0 radical (unpaired) electrons. The minimum Gasteiger partial charge on any atom is -0.481 e. The van der Waals surface area contributed by atoms with Crippen LogP contribution in [0.2, 0.25) is 4.34 Å². The molecule has 0 bridgehead atoms. The largest absolute Gasteiger partial charge is 0.481 e. The van der Waals surface area contributed by atoms with Gasteiger partial charge >= 0.3 is 11.9 Å². The molecule has 0 saturated carbocycles. The Morgan fingerprint density at radius 3 is 1.95 bits per heavy atom. The van der Waals surface area contributed by atoms with E-state index in [2.05, 4.69) is 0 Å². The summed E-state index contributed by atoms with van der Waals surface area (Å²) in [7, 11) is 0. The van der Waals surface area contributed by atoms with Gasteiger partial charge in [-0.05, 0) is 41.0 Å². The molecule has 0 aliphatic heterocycles. The Bertz CT molecular complexity index is 629. The Morgan fingerprint density at radius 2 is 1.55 bits per heavy atom. The highest BCUT2D eigenvalue weighted by Gasteiger charge is 2.10. The lowest BCUT2D eigenvalue weighted by molar-refractivity contribution is -0.137. The van der Waals surface area contributed by atoms with Crippen LogP contribution in [0, 0.1) is 0 Å². The zero-order valence-corrected chi connectivity index (χ0v) is 11.9. The molecule has 1 aromatic heterocycles. The van der Waals surface area contributed by atoms with E-state index in [0.717, 1.165) is 10.4 Å². The first-order valence-corrected chi connectivity index (χ1v) is 6.95. The van der Waals surface area contributed by atoms with Crippen LogP contribution in [0.25, 0.3) is 10.4 Å². The maximum atomic E-state index is 10.8. The molecule has 0 fully saturated rings. The van der Waals surface area contributed by atoms with E-state index in [4.69, 9.17) is 21.8 Å². The van der Waals surface area contributed by atoms with Crippen LogP contribution < -0.4 is 0 Å². The average Bonchev–Trinajstić information content (AvgIpc) is 2.73. The van der Waals surface area contributed by atoms with E-state index in [0.29, 0.717) is 15.5 Å². The summed E-state index contributed by atoms with van der Waals surface area (Å²) >= 11 is 7.26. The van der Waals surface area contributed by atoms with Crippen molar-refractivity contribution in [2.45, 2.75) is 12.8 Å². The Hall–Kier alpha value is -1.85. The normalized spacial score (nSPS) is 10.4. The second kappa shape index (κ2) is 6.07. The van der Waals surface area contributed by atoms with Gasteiger partial charge in [0.05, 0.1) is 17.2 Å². The smallest absolute Gasteiger partial charge is 0.307 e. The highest BCUT2D eigenvalue weighted by Crippen LogP contribution is 2.32. The van der Waals surface area contributed by atoms with Crippen molar-refractivity contribution in [1.29, 1.82) is 0 Å². The first-order chi connectivity index (χ1) is 9.44. The third kappa shape index (κ3) is 3.82. The molecule has 1 heterocycles. The standard InChI is InChI=1S/C14H11ClO4S/c15-12-2-1-11(20-12)10-4-8(6-13(16)17)3-9(5-10)7-14(18)19/h1-5H,6-7H2,(H,16,17)(H,18,19). The van der Waals surface area contributed by atoms with Gasteiger partial charge in [-0.2, -0.15) is 0 Å². The van der Waals surface area contributed by atoms with Crippen LogP contribution in [0.1, 0.15) is 11.1 Å². The molecule has 0 saturated heterocycles. The highest BCUT2D eigenvalue weighted by molar-refractivity contribution is 7.19. The fourth-order valence-electron chi connectivity index (χ4n) is 1.93. The summed E-state index contributed by atoms with van der Waals surface area (Å²) < 4.78 is 0.628. The minimum absolute atomic E-state index is 0.139. The van der Waals surface area contributed by atoms with Crippen LogP contribution >= 0.6 is 22.9 Å². The second-order valence-corrected chi connectivity index (χ2v) is 6.00. The minimum atomic E-state index is -0.951. The molecule has 4 nitrogen and oxygen atoms in total. The summed E-state index contributed by atoms with van der Waals surface area (Å²) in [4.78, 5) is 22.5. The number of halogens is 1. The lowest BCUT2D eigenvalue weighted by Gasteiger charge is -2.06. The SMILES string of the molecule is O=C(O)Cc1cc(CC(=O)O)cc(-c2ccc(Cl)s2)c1. The predicted molar refractivity (Wildman–Crippen MR) is 77.4 cm³/mol. The molecule has 6 heteroatoms. The van der Waals surface area contributed by atoms with Crippen LogP contribution in [-0.2, 0) is 22.4 Å². The fraction of sp³-hybridized carbons (Fsp3) is 0.143. The van der Waals surface area contributed by atoms with Crippen molar-refractivity contribution < 1.29 is 19.8 Å². The molecule has 2 aromatic rings. The number of hydrogen-bond donors (Lipinski definition) is 2. The van der Waals surface area contributed by atoms with E-state index in [1.54, 1.807) is 24.3 Å². The molecule has 1 aromatic carbocycles. The Morgan fingerprint density at radius 1 is 1.00 bits per heavy atom. The van der Waals surface area contributed by atoms with Gasteiger partial charge in [-0.3, -0.25) is 9.59 Å². The lowest BCUT2D eigenvalue weighted by atomic mass is 10.0. The summed E-state index contributed by atoms with van der Waals surface area (Å²) in [5, 5.41) is 17.7. The number of carboxylic acids is 2. The number of aliphatic carboxylic acids is 2. The van der Waals surface area contributed by atoms with Crippen molar-refractivity contribution in [3.8, 4) is 10.4 Å². The monoisotopic (exact) mass is 310 g/mol. The van der Waals surface area contributed by atoms with Crippen LogP contribution in [0.4, 0.5) is 0 Å². The number of thiophene rings is 1. The van der Waals surface area contributed by atoms with Gasteiger partial charge in [0.25, 0.3) is 0 Å². The second-order valence-electron chi connectivity index (χ2n) is 4.28. The number of carboxylic acid groups (broad SMARTS) is 2. The third-order valence-corrected chi connectivity index (χ3v) is 3.90. The predicted octanol–water partition coefficient (Wildman–Crippen LogP) is 3.32. The summed E-state index contributed by atoms with van der Waals surface area (Å²) in [6.07, 6.45) is -0.279. The van der Waals surface area contributed by atoms with Crippen molar-refractivity contribution in [3.63, 3.8) is 0 Å². The summed E-state index contributed by atoms with van der Waals surface area (Å²) in [6.45, 7) is 0. The first kappa shape index (κ1) is 14.6. The number of rotatable bonds is 5. The van der Waals surface area contributed by atoms with Crippen LogP contribution in [-0.4, -0.2) is 22.2 Å². The quantitative estimate of drug-likeness (QED) is 0.888. The maximum absolute atomic E-state index is 10.8. The summed E-state index contributed by atoms with van der Waals surface area (Å²) in [6, 6.07) is 8.70. The molecular formula is C14H11ClO4S. The third-order valence-electron chi connectivity index (χ3n) is 2.62. The summed E-state index contributed by atoms with van der Waals surface area (Å²) in [5.41, 5.74) is 1.95. The Balaban J connectivity index is 2.44. The van der Waals surface area contributed by atoms with Gasteiger partial charge in [0.1, 0.15) is 0 Å². The van der Waals surface area contributed by atoms with E-state index in [9.17, 15) is 9.59 Å². The fourth-order valence-corrected chi connectivity index (χ4v) is 2.96. The zero-order valence-electron chi connectivity index (χ0n) is 10.3. The molecular weight excluding hydrogens is 300 g/mol. The van der Waals surface area contributed by atoms with Crippen molar-refractivity contribution in [2.24, 2.45) is 0 Å². The van der Waals surface area contributed by atoms with Gasteiger partial charge in [-0.15, -0.1) is 11.3 Å². The van der Waals surface area contributed by atoms with Gasteiger partial charge in [-0.1, -0.05) is 17.7 Å². The average molecular weight is 311 g/mol. The molecule has 0 atom stereocenters. The van der Waals surface area contributed by atoms with Crippen molar-refractivity contribution in [1.82, 2.24) is 0 Å². The van der Waals surface area contributed by atoms with Crippen LogP contribution in [0.5, 0.6) is 0 Å². The molecule has 104 valence electrons. The lowest BCUT2D eigenvalue weighted by Crippen LogP contribution is -2.04. The highest BCUT2D eigenvalue weighted by atomic mass is 35.5. The van der Waals surface area contributed by atoms with Crippen molar-refractivity contribution >= 4 is 34.9 Å². The summed E-state index contributed by atoms with van der Waals surface area (Å²) in [5.74, 6) is -1.90. The Labute approximate surface area is 124 Å². The zero-order chi connectivity index (χ0) is 14.7. The van der Waals surface area contributed by atoms with Crippen LogP contribution in [0.15, 0.2) is 30.3 Å². The maximum Gasteiger partial charge on any atom is 0.307 e. The van der Waals surface area contributed by atoms with Gasteiger partial charge in [0, 0.05) is 4.88 Å². The number of hydrogen-bond acceptors (Lipinski definition) is 3. The molecule has 20 heavy (non-hydrogen) atoms. The molecule has 0 aliphatic carbocycles. The molecule has 0 amide bonds. The molecule has 2 N–H and O–H groups in total. The van der Waals surface area contributed by atoms with Gasteiger partial charge in [-0.25, -0.2) is 0 Å². The van der Waals surface area contributed by atoms with E-state index >= 15 is 0 Å². The van der Waals surface area contributed by atoms with Crippen molar-refractivity contribution in [2.75, 3.05) is 0 Å². The molecule has 0 aliphatic rings. The molecule has 0 spiro atoms. The number of carbonyl (C=O) groups is 2. The van der Waals surface area contributed by atoms with Crippen LogP contribution in [0.3, 0.4) is 0 Å². The molecule has 2 rings (SSSR count). The first-order valence-electron chi connectivity index (χ1n) is 5.76. The Kier molecular flexibility index (Phi) is 4.42. The molecule has 0 unspecified atom stereocenters. The van der Waals surface area contributed by atoms with Gasteiger partial charge < -0.3 is 10.2 Å². The van der Waals surface area contributed by atoms with Crippen molar-refractivity contribution in [3.05, 3.63) is 45.8 Å². The number of benzene rings is 1. The van der Waals surface area contributed by atoms with E-state index in [1.165, 1.54) is 11.3 Å².